The number of hydrogen-bond acceptors (Lipinski definition) is 3. The van der Waals surface area contributed by atoms with Crippen molar-refractivity contribution < 1.29 is 4.74 Å². The maximum absolute atomic E-state index is 5.93. The van der Waals surface area contributed by atoms with Gasteiger partial charge in [-0.1, -0.05) is 18.2 Å². The number of halogens is 1. The normalized spacial score (nSPS) is 10.8. The summed E-state index contributed by atoms with van der Waals surface area (Å²) in [6, 6.07) is 13.9. The number of nitrogens with zero attached hydrogens (tertiary/aromatic N) is 2. The standard InChI is InChI=1S/C17H15ClN2O/c1-12-6-7-17(16(10-18)20-12)21-11-13-8-9-19-15-5-3-2-4-14(13)15/h2-9H,10-11H2,1H3. The first-order chi connectivity index (χ1) is 10.3. The molecule has 0 aliphatic heterocycles. The van der Waals surface area contributed by atoms with E-state index >= 15 is 0 Å². The third-order valence-corrected chi connectivity index (χ3v) is 3.57. The van der Waals surface area contributed by atoms with Gasteiger partial charge in [-0.15, -0.1) is 11.6 Å². The molecular formula is C17H15ClN2O. The second-order valence-electron chi connectivity index (χ2n) is 4.81. The lowest BCUT2D eigenvalue weighted by Crippen LogP contribution is -2.01. The number of aromatic nitrogens is 2. The number of aryl methyl sites for hydroxylation is 1. The van der Waals surface area contributed by atoms with E-state index < -0.39 is 0 Å². The van der Waals surface area contributed by atoms with Gasteiger partial charge in [-0.2, -0.15) is 0 Å². The molecule has 3 nitrogen and oxygen atoms in total. The van der Waals surface area contributed by atoms with Crippen LogP contribution in [0.3, 0.4) is 0 Å². The average molecular weight is 299 g/mol. The summed E-state index contributed by atoms with van der Waals surface area (Å²) >= 11 is 5.93. The van der Waals surface area contributed by atoms with Crippen molar-refractivity contribution in [2.75, 3.05) is 0 Å². The summed E-state index contributed by atoms with van der Waals surface area (Å²) in [5.74, 6) is 1.07. The van der Waals surface area contributed by atoms with E-state index in [2.05, 4.69) is 16.0 Å². The zero-order chi connectivity index (χ0) is 14.7. The lowest BCUT2D eigenvalue weighted by atomic mass is 10.1. The summed E-state index contributed by atoms with van der Waals surface area (Å²) in [5, 5.41) is 1.10. The summed E-state index contributed by atoms with van der Waals surface area (Å²) in [6.45, 7) is 2.41. The number of ether oxygens (including phenoxy) is 1. The number of alkyl halides is 1. The molecule has 4 heteroatoms. The predicted octanol–water partition coefficient (Wildman–Crippen LogP) is 4.26. The molecule has 0 aliphatic rings. The summed E-state index contributed by atoms with van der Waals surface area (Å²) < 4.78 is 5.90. The van der Waals surface area contributed by atoms with Gasteiger partial charge in [-0.25, -0.2) is 0 Å². The largest absolute Gasteiger partial charge is 0.487 e. The fraction of sp³-hybridized carbons (Fsp3) is 0.176. The highest BCUT2D eigenvalue weighted by Gasteiger charge is 2.07. The Labute approximate surface area is 128 Å². The molecule has 1 aromatic carbocycles. The van der Waals surface area contributed by atoms with Crippen LogP contribution in [0.1, 0.15) is 17.0 Å². The Kier molecular flexibility index (Phi) is 4.02. The van der Waals surface area contributed by atoms with Crippen molar-refractivity contribution in [1.82, 2.24) is 9.97 Å². The van der Waals surface area contributed by atoms with Crippen LogP contribution in [0.5, 0.6) is 5.75 Å². The fourth-order valence-corrected chi connectivity index (χ4v) is 2.45. The van der Waals surface area contributed by atoms with E-state index in [1.54, 1.807) is 6.20 Å². The van der Waals surface area contributed by atoms with Crippen LogP contribution < -0.4 is 4.74 Å². The molecule has 0 aliphatic carbocycles. The predicted molar refractivity (Wildman–Crippen MR) is 84.6 cm³/mol. The first kappa shape index (κ1) is 13.8. The van der Waals surface area contributed by atoms with Crippen molar-refractivity contribution in [3.05, 3.63) is 65.6 Å². The molecule has 0 N–H and O–H groups in total. The molecule has 0 amide bonds. The van der Waals surface area contributed by atoms with Crippen LogP contribution in [-0.4, -0.2) is 9.97 Å². The zero-order valence-electron chi connectivity index (χ0n) is 11.7. The van der Waals surface area contributed by atoms with Crippen LogP contribution in [-0.2, 0) is 12.5 Å². The number of rotatable bonds is 4. The minimum Gasteiger partial charge on any atom is -0.487 e. The molecule has 0 fully saturated rings. The zero-order valence-corrected chi connectivity index (χ0v) is 12.5. The van der Waals surface area contributed by atoms with Gasteiger partial charge in [0.15, 0.2) is 0 Å². The third kappa shape index (κ3) is 2.98. The van der Waals surface area contributed by atoms with Crippen molar-refractivity contribution in [3.63, 3.8) is 0 Å². The van der Waals surface area contributed by atoms with Crippen molar-refractivity contribution in [2.24, 2.45) is 0 Å². The van der Waals surface area contributed by atoms with Crippen molar-refractivity contribution in [2.45, 2.75) is 19.4 Å². The van der Waals surface area contributed by atoms with Crippen molar-refractivity contribution >= 4 is 22.5 Å². The van der Waals surface area contributed by atoms with Gasteiger partial charge in [0.25, 0.3) is 0 Å². The smallest absolute Gasteiger partial charge is 0.142 e. The number of benzene rings is 1. The van der Waals surface area contributed by atoms with Gasteiger partial charge in [0.2, 0.25) is 0 Å². The minimum atomic E-state index is 0.341. The van der Waals surface area contributed by atoms with Gasteiger partial charge in [-0.05, 0) is 31.2 Å². The van der Waals surface area contributed by atoms with E-state index in [4.69, 9.17) is 16.3 Å². The highest BCUT2D eigenvalue weighted by Crippen LogP contribution is 2.22. The molecule has 0 saturated heterocycles. The maximum Gasteiger partial charge on any atom is 0.142 e. The summed E-state index contributed by atoms with van der Waals surface area (Å²) in [5.41, 5.74) is 3.78. The van der Waals surface area contributed by atoms with E-state index in [0.717, 1.165) is 33.6 Å². The second kappa shape index (κ2) is 6.10. The molecule has 3 rings (SSSR count). The van der Waals surface area contributed by atoms with E-state index in [1.807, 2.05) is 43.3 Å². The Morgan fingerprint density at radius 2 is 1.95 bits per heavy atom. The highest BCUT2D eigenvalue weighted by molar-refractivity contribution is 6.17. The molecule has 0 spiro atoms. The monoisotopic (exact) mass is 298 g/mol. The molecule has 0 saturated carbocycles. The van der Waals surface area contributed by atoms with Crippen LogP contribution in [0.15, 0.2) is 48.7 Å². The van der Waals surface area contributed by atoms with Crippen LogP contribution in [0.2, 0.25) is 0 Å². The van der Waals surface area contributed by atoms with Gasteiger partial charge in [0.05, 0.1) is 17.1 Å². The Morgan fingerprint density at radius 3 is 2.81 bits per heavy atom. The van der Waals surface area contributed by atoms with Gasteiger partial charge in [0, 0.05) is 22.8 Å². The van der Waals surface area contributed by atoms with E-state index in [9.17, 15) is 0 Å². The molecular weight excluding hydrogens is 284 g/mol. The lowest BCUT2D eigenvalue weighted by Gasteiger charge is -2.11. The molecule has 21 heavy (non-hydrogen) atoms. The van der Waals surface area contributed by atoms with Gasteiger partial charge >= 0.3 is 0 Å². The topological polar surface area (TPSA) is 35.0 Å². The van der Waals surface area contributed by atoms with Crippen LogP contribution in [0.4, 0.5) is 0 Å². The van der Waals surface area contributed by atoms with Crippen LogP contribution in [0, 0.1) is 6.92 Å². The number of para-hydroxylation sites is 1. The number of hydrogen-bond donors (Lipinski definition) is 0. The molecule has 0 atom stereocenters. The van der Waals surface area contributed by atoms with Crippen molar-refractivity contribution in [3.8, 4) is 5.75 Å². The van der Waals surface area contributed by atoms with E-state index in [-0.39, 0.29) is 0 Å². The third-order valence-electron chi connectivity index (χ3n) is 3.32. The fourth-order valence-electron chi connectivity index (χ4n) is 2.26. The Morgan fingerprint density at radius 1 is 1.10 bits per heavy atom. The van der Waals surface area contributed by atoms with Gasteiger partial charge in [-0.3, -0.25) is 9.97 Å². The SMILES string of the molecule is Cc1ccc(OCc2ccnc3ccccc23)c(CCl)n1. The second-order valence-corrected chi connectivity index (χ2v) is 5.07. The Hall–Kier alpha value is -2.13. The molecule has 2 aromatic heterocycles. The average Bonchev–Trinajstić information content (AvgIpc) is 2.53. The lowest BCUT2D eigenvalue weighted by molar-refractivity contribution is 0.303. The van der Waals surface area contributed by atoms with E-state index in [1.165, 1.54) is 0 Å². The summed E-state index contributed by atoms with van der Waals surface area (Å²) in [7, 11) is 0. The minimum absolute atomic E-state index is 0.341. The molecule has 3 aromatic rings. The molecule has 0 unspecified atom stereocenters. The molecule has 106 valence electrons. The summed E-state index contributed by atoms with van der Waals surface area (Å²) in [4.78, 5) is 8.75. The number of fused-ring (bicyclic) bond motifs is 1. The van der Waals surface area contributed by atoms with Gasteiger partial charge < -0.3 is 4.74 Å². The van der Waals surface area contributed by atoms with Gasteiger partial charge in [0.1, 0.15) is 12.4 Å². The molecule has 0 bridgehead atoms. The van der Waals surface area contributed by atoms with E-state index in [0.29, 0.717) is 12.5 Å². The van der Waals surface area contributed by atoms with Crippen LogP contribution in [0.25, 0.3) is 10.9 Å². The Balaban J connectivity index is 1.87. The maximum atomic E-state index is 5.93. The summed E-state index contributed by atoms with van der Waals surface area (Å²) in [6.07, 6.45) is 1.80. The quantitative estimate of drug-likeness (QED) is 0.675. The molecule has 0 radical (unpaired) electrons. The van der Waals surface area contributed by atoms with Crippen LogP contribution >= 0.6 is 11.6 Å². The molecule has 2 heterocycles. The first-order valence-corrected chi connectivity index (χ1v) is 7.29. The Bertz CT molecular complexity index is 768. The number of pyridine rings is 2. The highest BCUT2D eigenvalue weighted by atomic mass is 35.5. The first-order valence-electron chi connectivity index (χ1n) is 6.76. The van der Waals surface area contributed by atoms with Crippen molar-refractivity contribution in [1.29, 1.82) is 0 Å².